The van der Waals surface area contributed by atoms with E-state index in [1.54, 1.807) is 6.92 Å². The molecule has 5 nitrogen and oxygen atoms in total. The molecule has 0 saturated carbocycles. The van der Waals surface area contributed by atoms with Crippen molar-refractivity contribution in [3.63, 3.8) is 0 Å². The van der Waals surface area contributed by atoms with Crippen LogP contribution < -0.4 is 5.73 Å². The van der Waals surface area contributed by atoms with Gasteiger partial charge in [-0.25, -0.2) is 9.59 Å². The summed E-state index contributed by atoms with van der Waals surface area (Å²) in [6.45, 7) is 8.17. The summed E-state index contributed by atoms with van der Waals surface area (Å²) in [4.78, 5) is 24.2. The molecule has 0 spiro atoms. The Hall–Kier alpha value is -1.56. The predicted molar refractivity (Wildman–Crippen MR) is 79.2 cm³/mol. The van der Waals surface area contributed by atoms with Gasteiger partial charge in [-0.15, -0.1) is 11.3 Å². The summed E-state index contributed by atoms with van der Waals surface area (Å²) >= 11 is 1.06. The highest BCUT2D eigenvalue weighted by molar-refractivity contribution is 7.18. The van der Waals surface area contributed by atoms with E-state index in [9.17, 15) is 9.59 Å². The van der Waals surface area contributed by atoms with Crippen LogP contribution >= 0.6 is 11.3 Å². The molecule has 20 heavy (non-hydrogen) atoms. The normalized spacial score (nSPS) is 10.7. The second-order valence-electron chi connectivity index (χ2n) is 4.92. The molecule has 1 aromatic heterocycles. The van der Waals surface area contributed by atoms with Crippen molar-refractivity contribution in [2.75, 3.05) is 18.9 Å². The molecule has 0 aliphatic rings. The molecule has 1 heterocycles. The average Bonchev–Trinajstić information content (AvgIpc) is 2.68. The van der Waals surface area contributed by atoms with Crippen LogP contribution in [0.4, 0.5) is 5.00 Å². The Bertz CT molecular complexity index is 494. The zero-order chi connectivity index (χ0) is 15.3. The fraction of sp³-hybridized carbons (Fsp3) is 0.571. The molecule has 0 bridgehead atoms. The quantitative estimate of drug-likeness (QED) is 0.817. The first-order chi connectivity index (χ1) is 9.38. The number of carbonyl (C=O) groups is 2. The third kappa shape index (κ3) is 3.96. The van der Waals surface area contributed by atoms with Crippen LogP contribution in [0.1, 0.15) is 52.8 Å². The summed E-state index contributed by atoms with van der Waals surface area (Å²) < 4.78 is 10.2. The number of ether oxygens (including phenoxy) is 2. The van der Waals surface area contributed by atoms with Gasteiger partial charge in [-0.3, -0.25) is 0 Å². The fourth-order valence-corrected chi connectivity index (χ4v) is 2.51. The molecule has 0 atom stereocenters. The summed E-state index contributed by atoms with van der Waals surface area (Å²) in [5, 5.41) is 0.292. The van der Waals surface area contributed by atoms with Crippen LogP contribution in [-0.4, -0.2) is 25.2 Å². The molecular formula is C14H21NO4S. The molecule has 6 heteroatoms. The van der Waals surface area contributed by atoms with Crippen LogP contribution in [0.2, 0.25) is 0 Å². The number of rotatable bonds is 6. The fourth-order valence-electron chi connectivity index (χ4n) is 1.56. The van der Waals surface area contributed by atoms with Crippen molar-refractivity contribution in [1.82, 2.24) is 0 Å². The largest absolute Gasteiger partial charge is 0.462 e. The highest BCUT2D eigenvalue weighted by Crippen LogP contribution is 2.31. The molecule has 0 amide bonds. The highest BCUT2D eigenvalue weighted by Gasteiger charge is 2.25. The Morgan fingerprint density at radius 1 is 1.25 bits per heavy atom. The lowest BCUT2D eigenvalue weighted by atomic mass is 10.1. The number of nitrogen functional groups attached to an aromatic ring is 1. The Kier molecular flexibility index (Phi) is 6.01. The van der Waals surface area contributed by atoms with Crippen molar-refractivity contribution in [3.8, 4) is 0 Å². The summed E-state index contributed by atoms with van der Waals surface area (Å²) in [6, 6.07) is 0. The Morgan fingerprint density at radius 3 is 2.45 bits per heavy atom. The highest BCUT2D eigenvalue weighted by atomic mass is 32.1. The molecule has 0 unspecified atom stereocenters. The molecule has 0 radical (unpaired) electrons. The van der Waals surface area contributed by atoms with Crippen molar-refractivity contribution in [2.45, 2.75) is 34.1 Å². The van der Waals surface area contributed by atoms with Gasteiger partial charge in [-0.05, 0) is 24.8 Å². The SMILES string of the molecule is CCCOC(=O)c1c(N)sc(C(=O)OCC(C)C)c1C. The van der Waals surface area contributed by atoms with Crippen LogP contribution in [0.3, 0.4) is 0 Å². The maximum atomic E-state index is 12.0. The molecule has 2 N–H and O–H groups in total. The van der Waals surface area contributed by atoms with Gasteiger partial charge in [-0.2, -0.15) is 0 Å². The Labute approximate surface area is 123 Å². The number of hydrogen-bond donors (Lipinski definition) is 1. The van der Waals surface area contributed by atoms with E-state index in [1.807, 2.05) is 20.8 Å². The smallest absolute Gasteiger partial charge is 0.348 e. The Morgan fingerprint density at radius 2 is 1.90 bits per heavy atom. The molecule has 0 aliphatic heterocycles. The molecule has 0 fully saturated rings. The van der Waals surface area contributed by atoms with E-state index in [2.05, 4.69) is 0 Å². The maximum Gasteiger partial charge on any atom is 0.348 e. The third-order valence-corrected chi connectivity index (χ3v) is 3.65. The summed E-state index contributed by atoms with van der Waals surface area (Å²) in [7, 11) is 0. The van der Waals surface area contributed by atoms with Gasteiger partial charge in [0.25, 0.3) is 0 Å². The monoisotopic (exact) mass is 299 g/mol. The van der Waals surface area contributed by atoms with E-state index < -0.39 is 11.9 Å². The van der Waals surface area contributed by atoms with E-state index in [-0.39, 0.29) is 11.5 Å². The third-order valence-electron chi connectivity index (χ3n) is 2.55. The zero-order valence-electron chi connectivity index (χ0n) is 12.3. The molecule has 0 aromatic carbocycles. The van der Waals surface area contributed by atoms with Crippen molar-refractivity contribution >= 4 is 28.3 Å². The van der Waals surface area contributed by atoms with Gasteiger partial charge in [0.1, 0.15) is 9.88 Å². The van der Waals surface area contributed by atoms with Gasteiger partial charge in [0.2, 0.25) is 0 Å². The summed E-state index contributed by atoms with van der Waals surface area (Å²) in [6.07, 6.45) is 0.734. The van der Waals surface area contributed by atoms with Gasteiger partial charge < -0.3 is 15.2 Å². The number of thiophene rings is 1. The summed E-state index contributed by atoms with van der Waals surface area (Å²) in [5.74, 6) is -0.672. The lowest BCUT2D eigenvalue weighted by Gasteiger charge is -2.06. The molecular weight excluding hydrogens is 278 g/mol. The van der Waals surface area contributed by atoms with E-state index in [1.165, 1.54) is 0 Å². The van der Waals surface area contributed by atoms with Crippen LogP contribution in [-0.2, 0) is 9.47 Å². The van der Waals surface area contributed by atoms with Crippen LogP contribution in [0.15, 0.2) is 0 Å². The average molecular weight is 299 g/mol. The number of anilines is 1. The predicted octanol–water partition coefficient (Wildman–Crippen LogP) is 3.02. The second-order valence-corrected chi connectivity index (χ2v) is 5.98. The zero-order valence-corrected chi connectivity index (χ0v) is 13.1. The minimum atomic E-state index is -0.485. The van der Waals surface area contributed by atoms with E-state index in [0.717, 1.165) is 17.8 Å². The maximum absolute atomic E-state index is 12.0. The van der Waals surface area contributed by atoms with E-state index in [0.29, 0.717) is 28.7 Å². The van der Waals surface area contributed by atoms with E-state index >= 15 is 0 Å². The van der Waals surface area contributed by atoms with Crippen molar-refractivity contribution in [3.05, 3.63) is 16.0 Å². The van der Waals surface area contributed by atoms with Gasteiger partial charge in [0, 0.05) is 0 Å². The van der Waals surface area contributed by atoms with Crippen molar-refractivity contribution in [2.24, 2.45) is 5.92 Å². The van der Waals surface area contributed by atoms with Crippen LogP contribution in [0.25, 0.3) is 0 Å². The van der Waals surface area contributed by atoms with Gasteiger partial charge >= 0.3 is 11.9 Å². The first-order valence-electron chi connectivity index (χ1n) is 6.61. The second kappa shape index (κ2) is 7.28. The van der Waals surface area contributed by atoms with Gasteiger partial charge in [-0.1, -0.05) is 20.8 Å². The number of nitrogens with two attached hydrogens (primary N) is 1. The van der Waals surface area contributed by atoms with Crippen LogP contribution in [0, 0.1) is 12.8 Å². The standard InChI is InChI=1S/C14H21NO4S/c1-5-6-18-13(16)10-9(4)11(20-12(10)15)14(17)19-7-8(2)3/h8H,5-7,15H2,1-4H3. The number of carbonyl (C=O) groups excluding carboxylic acids is 2. The van der Waals surface area contributed by atoms with E-state index in [4.69, 9.17) is 15.2 Å². The molecule has 112 valence electrons. The first-order valence-corrected chi connectivity index (χ1v) is 7.43. The van der Waals surface area contributed by atoms with Gasteiger partial charge in [0.15, 0.2) is 0 Å². The first kappa shape index (κ1) is 16.5. The van der Waals surface area contributed by atoms with Gasteiger partial charge in [0.05, 0.1) is 18.8 Å². The number of hydrogen-bond acceptors (Lipinski definition) is 6. The minimum Gasteiger partial charge on any atom is -0.462 e. The lowest BCUT2D eigenvalue weighted by molar-refractivity contribution is 0.0464. The van der Waals surface area contributed by atoms with Crippen LogP contribution in [0.5, 0.6) is 0 Å². The molecule has 1 aromatic rings. The minimum absolute atomic E-state index is 0.255. The molecule has 1 rings (SSSR count). The topological polar surface area (TPSA) is 78.6 Å². The number of esters is 2. The summed E-state index contributed by atoms with van der Waals surface area (Å²) in [5.41, 5.74) is 6.63. The molecule has 0 saturated heterocycles. The Balaban J connectivity index is 2.91. The van der Waals surface area contributed by atoms with Crippen molar-refractivity contribution < 1.29 is 19.1 Å². The molecule has 0 aliphatic carbocycles. The lowest BCUT2D eigenvalue weighted by Crippen LogP contribution is -2.11. The van der Waals surface area contributed by atoms with Crippen molar-refractivity contribution in [1.29, 1.82) is 0 Å².